The van der Waals surface area contributed by atoms with E-state index in [0.29, 0.717) is 0 Å². The van der Waals surface area contributed by atoms with Gasteiger partial charge in [0.15, 0.2) is 0 Å². The van der Waals surface area contributed by atoms with Crippen LogP contribution in [-0.4, -0.2) is 79.7 Å². The van der Waals surface area contributed by atoms with E-state index in [0.717, 1.165) is 19.6 Å². The van der Waals surface area contributed by atoms with Gasteiger partial charge in [-0.1, -0.05) is 0 Å². The molecule has 3 nitrogen and oxygen atoms in total. The van der Waals surface area contributed by atoms with Crippen molar-refractivity contribution in [3.63, 3.8) is 0 Å². The van der Waals surface area contributed by atoms with E-state index in [1.54, 1.807) is 9.37 Å². The molecule has 0 aliphatic carbocycles. The van der Waals surface area contributed by atoms with E-state index in [-0.39, 0.29) is 51.2 Å². The third kappa shape index (κ3) is 16.0. The summed E-state index contributed by atoms with van der Waals surface area (Å²) in [4.78, 5) is 6.88. The Morgan fingerprint density at radius 2 is 0.674 bits per heavy atom. The van der Waals surface area contributed by atoms with Crippen molar-refractivity contribution in [2.24, 2.45) is 0 Å². The summed E-state index contributed by atoms with van der Waals surface area (Å²) in [5.74, 6) is 0. The van der Waals surface area contributed by atoms with Crippen LogP contribution in [0.25, 0.3) is 0 Å². The molecule has 0 atom stereocenters. The maximum atomic E-state index is 2.42. The van der Waals surface area contributed by atoms with Gasteiger partial charge in [0.1, 0.15) is 0 Å². The maximum Gasteiger partial charge on any atom is 2.00 e. The van der Waals surface area contributed by atoms with Gasteiger partial charge in [-0.05, 0) is 0 Å². The monoisotopic (exact) mass is 931 g/mol. The fourth-order valence-electron chi connectivity index (χ4n) is 5.18. The predicted molar refractivity (Wildman–Crippen MR) is 189 cm³/mol. The van der Waals surface area contributed by atoms with Crippen molar-refractivity contribution in [1.29, 1.82) is 0 Å². The van der Waals surface area contributed by atoms with Gasteiger partial charge >= 0.3 is 231 Å². The van der Waals surface area contributed by atoms with Gasteiger partial charge in [0, 0.05) is 0 Å². The molecule has 0 N–H and O–H groups in total. The molecule has 0 saturated heterocycles. The first kappa shape index (κ1) is 44.5. The van der Waals surface area contributed by atoms with Crippen LogP contribution in [-0.2, 0) is 70.8 Å². The summed E-state index contributed by atoms with van der Waals surface area (Å²) in [5.41, 5.74) is 4.56. The fraction of sp³-hybridized carbons (Fsp3) is 0.231. The number of hydrogen-bond acceptors (Lipinski definition) is 3. The van der Waals surface area contributed by atoms with Crippen LogP contribution in [0, 0.1) is 0 Å². The van der Waals surface area contributed by atoms with Gasteiger partial charge in [-0.15, -0.1) is 0 Å². The first-order valence-electron chi connectivity index (χ1n) is 15.0. The predicted octanol–water partition coefficient (Wildman–Crippen LogP) is 5.75. The van der Waals surface area contributed by atoms with Crippen LogP contribution in [0.5, 0.6) is 0 Å². The van der Waals surface area contributed by atoms with Crippen molar-refractivity contribution < 1.29 is 51.2 Å². The van der Waals surface area contributed by atoms with Crippen LogP contribution < -0.4 is 9.37 Å². The average molecular weight is 931 g/mol. The molecule has 0 aliphatic rings. The molecule has 6 aromatic rings. The second-order valence-corrected chi connectivity index (χ2v) is 22.2. The molecule has 0 amide bonds. The minimum absolute atomic E-state index is 0. The van der Waals surface area contributed by atoms with E-state index in [2.05, 4.69) is 112 Å². The molecular formula is C39H48Fe3N3Tl. The van der Waals surface area contributed by atoms with E-state index in [1.165, 1.54) is 16.7 Å². The second-order valence-electron chi connectivity index (χ2n) is 11.6. The third-order valence-corrected chi connectivity index (χ3v) is 20.7. The Hall–Kier alpha value is -1.54. The van der Waals surface area contributed by atoms with Crippen molar-refractivity contribution in [3.8, 4) is 0 Å². The minimum atomic E-state index is -2.63. The molecule has 0 saturated carbocycles. The first-order valence-corrected chi connectivity index (χ1v) is 21.8. The topological polar surface area (TPSA) is 9.72 Å². The molecule has 7 heteroatoms. The van der Waals surface area contributed by atoms with E-state index < -0.39 is 22.7 Å². The Labute approximate surface area is 319 Å². The van der Waals surface area contributed by atoms with Crippen LogP contribution in [0.4, 0.5) is 0 Å². The van der Waals surface area contributed by atoms with Crippen molar-refractivity contribution >= 4 is 32.1 Å². The molecular weight excluding hydrogens is 882 g/mol. The molecule has 46 heavy (non-hydrogen) atoms. The van der Waals surface area contributed by atoms with E-state index in [1.807, 2.05) is 91.0 Å². The molecule has 0 radical (unpaired) electrons. The summed E-state index contributed by atoms with van der Waals surface area (Å²) >= 11 is -2.63. The first-order chi connectivity index (χ1) is 20.9. The number of rotatable bonds is 9. The minimum Gasteiger partial charge on any atom is -0.214 e. The summed E-state index contributed by atoms with van der Waals surface area (Å²) in [6.07, 6.45) is 0. The second kappa shape index (κ2) is 25.5. The Kier molecular flexibility index (Phi) is 24.6. The largest absolute Gasteiger partial charge is 2.00 e. The zero-order valence-electron chi connectivity index (χ0n) is 28.0. The molecule has 0 aliphatic heterocycles. The van der Waals surface area contributed by atoms with Crippen molar-refractivity contribution in [2.45, 2.75) is 19.6 Å². The molecule has 0 spiro atoms. The van der Waals surface area contributed by atoms with Gasteiger partial charge < -0.3 is 0 Å². The van der Waals surface area contributed by atoms with Crippen molar-refractivity contribution in [1.82, 2.24) is 14.7 Å². The summed E-state index contributed by atoms with van der Waals surface area (Å²) < 4.78 is 4.98. The quantitative estimate of drug-likeness (QED) is 0.135. The molecule has 0 aromatic heterocycles. The Morgan fingerprint density at radius 1 is 0.435 bits per heavy atom. The molecule has 0 bridgehead atoms. The van der Waals surface area contributed by atoms with Gasteiger partial charge in [-0.2, -0.15) is 54.6 Å². The van der Waals surface area contributed by atoms with Gasteiger partial charge in [0.05, 0.1) is 0 Å². The van der Waals surface area contributed by atoms with Crippen LogP contribution in [0.3, 0.4) is 0 Å². The standard InChI is InChI=1S/3C8H11N.3C5H5.3Fe.Tl/c3*1-9(2)7-8-5-3-4-6-8;3*1-2-4-5-3-1;;;;/h3*3-5H,7H2,1-2H3;3*1-5H;;;;/q6*-1;3*+2;. The summed E-state index contributed by atoms with van der Waals surface area (Å²) in [6, 6.07) is 51.1. The van der Waals surface area contributed by atoms with Crippen LogP contribution in [0.2, 0.25) is 0 Å². The maximum absolute atomic E-state index is 2.63. The molecule has 6 aromatic carbocycles. The third-order valence-electron chi connectivity index (χ3n) is 6.89. The normalized spacial score (nSPS) is 9.85. The van der Waals surface area contributed by atoms with Gasteiger partial charge in [-0.3, -0.25) is 0 Å². The summed E-state index contributed by atoms with van der Waals surface area (Å²) in [7, 11) is 13.0. The van der Waals surface area contributed by atoms with Crippen molar-refractivity contribution in [3.05, 3.63) is 162 Å². The molecule has 0 unspecified atom stereocenters. The number of nitrogens with zero attached hydrogens (tertiary/aromatic N) is 3. The summed E-state index contributed by atoms with van der Waals surface area (Å²) in [6.45, 7) is 3.06. The molecule has 0 fully saturated rings. The van der Waals surface area contributed by atoms with Crippen LogP contribution >= 0.6 is 0 Å². The Balaban J connectivity index is 0.000000915. The SMILES string of the molecule is CN(C)Cc1ccc[c-]1[Tl]([c-]1cccc1CN(C)C)[c-]1cccc1CN(C)C.[Fe+2].[Fe+2].[Fe+2].c1cc[cH-]c1.c1cc[cH-]c1.c1cc[cH-]c1. The van der Waals surface area contributed by atoms with Crippen LogP contribution in [0.15, 0.2) is 146 Å². The molecule has 6 rings (SSSR count). The average Bonchev–Trinajstić information content (AvgIpc) is 3.79. The smallest absolute Gasteiger partial charge is 0.214 e. The fourth-order valence-corrected chi connectivity index (χ4v) is 19.1. The van der Waals surface area contributed by atoms with Gasteiger partial charge in [0.25, 0.3) is 0 Å². The van der Waals surface area contributed by atoms with E-state index >= 15 is 0 Å². The Morgan fingerprint density at radius 3 is 0.848 bits per heavy atom. The molecule has 0 heterocycles. The zero-order valence-corrected chi connectivity index (χ0v) is 35.8. The van der Waals surface area contributed by atoms with Crippen molar-refractivity contribution in [2.75, 3.05) is 42.3 Å². The zero-order chi connectivity index (χ0) is 30.9. The van der Waals surface area contributed by atoms with Gasteiger partial charge in [-0.25, -0.2) is 36.4 Å². The van der Waals surface area contributed by atoms with E-state index in [4.69, 9.17) is 0 Å². The number of hydrogen-bond donors (Lipinski definition) is 0. The van der Waals surface area contributed by atoms with Gasteiger partial charge in [0.2, 0.25) is 0 Å². The molecule has 246 valence electrons. The Bertz CT molecular complexity index is 1210. The van der Waals surface area contributed by atoms with E-state index in [9.17, 15) is 0 Å². The summed E-state index contributed by atoms with van der Waals surface area (Å²) in [5, 5.41) is 0. The van der Waals surface area contributed by atoms with Crippen LogP contribution in [0.1, 0.15) is 16.7 Å².